The van der Waals surface area contributed by atoms with Crippen molar-refractivity contribution in [3.63, 3.8) is 0 Å². The average Bonchev–Trinajstić information content (AvgIpc) is 3.25. The zero-order valence-corrected chi connectivity index (χ0v) is 16.1. The van der Waals surface area contributed by atoms with E-state index in [2.05, 4.69) is 16.0 Å². The maximum atomic E-state index is 14.5. The van der Waals surface area contributed by atoms with Crippen LogP contribution in [0.5, 0.6) is 5.75 Å². The molecule has 3 N–H and O–H groups in total. The number of thiophene rings is 1. The Kier molecular flexibility index (Phi) is 5.06. The van der Waals surface area contributed by atoms with Gasteiger partial charge in [-0.05, 0) is 17.5 Å². The molecule has 0 spiro atoms. The molecule has 1 saturated heterocycles. The minimum atomic E-state index is -1.11. The van der Waals surface area contributed by atoms with Crippen LogP contribution in [0, 0.1) is 11.6 Å². The van der Waals surface area contributed by atoms with E-state index in [1.54, 1.807) is 0 Å². The minimum absolute atomic E-state index is 0.00678. The highest BCUT2D eigenvalue weighted by Gasteiger charge is 2.40. The Morgan fingerprint density at radius 1 is 1.21 bits per heavy atom. The molecule has 0 bridgehead atoms. The number of anilines is 1. The van der Waals surface area contributed by atoms with Crippen molar-refractivity contribution in [1.82, 2.24) is 10.6 Å². The molecule has 29 heavy (non-hydrogen) atoms. The number of fused-ring (bicyclic) bond motifs is 1. The number of methoxy groups -OCH3 is 1. The van der Waals surface area contributed by atoms with Gasteiger partial charge < -0.3 is 15.4 Å². The number of nitrogens with one attached hydrogen (secondary N) is 3. The fraction of sp³-hybridized carbons (Fsp3) is 0.200. The Hall–Kier alpha value is -3.20. The Balaban J connectivity index is 1.53. The van der Waals surface area contributed by atoms with Crippen LogP contribution in [0.25, 0.3) is 10.1 Å². The van der Waals surface area contributed by atoms with Crippen molar-refractivity contribution in [1.29, 1.82) is 0 Å². The van der Waals surface area contributed by atoms with Crippen molar-refractivity contribution in [3.8, 4) is 5.75 Å². The molecule has 1 aromatic heterocycles. The van der Waals surface area contributed by atoms with E-state index in [0.29, 0.717) is 5.00 Å². The van der Waals surface area contributed by atoms with Crippen molar-refractivity contribution in [3.05, 3.63) is 59.7 Å². The summed E-state index contributed by atoms with van der Waals surface area (Å²) in [5.41, 5.74) is -0.267. The van der Waals surface area contributed by atoms with Crippen LogP contribution in [0.1, 0.15) is 11.5 Å². The fourth-order valence-corrected chi connectivity index (χ4v) is 4.38. The highest BCUT2D eigenvalue weighted by molar-refractivity contribution is 7.22. The highest BCUT2D eigenvalue weighted by atomic mass is 32.1. The van der Waals surface area contributed by atoms with Crippen molar-refractivity contribution in [2.45, 2.75) is 12.0 Å². The van der Waals surface area contributed by atoms with Crippen molar-refractivity contribution >= 4 is 38.4 Å². The third-order valence-corrected chi connectivity index (χ3v) is 5.82. The third-order valence-electron chi connectivity index (χ3n) is 4.79. The molecule has 9 heteroatoms. The molecule has 1 aliphatic heterocycles. The largest absolute Gasteiger partial charge is 0.497 e. The summed E-state index contributed by atoms with van der Waals surface area (Å²) in [6, 6.07) is 9.82. The number of rotatable bonds is 4. The molecule has 0 radical (unpaired) electrons. The van der Waals surface area contributed by atoms with Gasteiger partial charge in [0.15, 0.2) is 0 Å². The number of urea groups is 1. The van der Waals surface area contributed by atoms with Gasteiger partial charge >= 0.3 is 6.03 Å². The standard InChI is InChI=1S/C20H17F2N3O3S/c1-28-11-7-13(21)17(14(22)8-11)12-9-23-19(26)18(12)25-20(27)24-16-6-10-4-2-3-5-15(10)29-16/h2-8,12,18H,9H2,1H3,(H,23,26)(H2,24,25,27)/t12-,18?/m0/s1. The summed E-state index contributed by atoms with van der Waals surface area (Å²) in [5.74, 6) is -3.02. The normalized spacial score (nSPS) is 18.5. The van der Waals surface area contributed by atoms with Gasteiger partial charge in [-0.2, -0.15) is 0 Å². The first-order valence-corrected chi connectivity index (χ1v) is 9.64. The van der Waals surface area contributed by atoms with Crippen LogP contribution < -0.4 is 20.7 Å². The number of carbonyl (C=O) groups is 2. The number of halogens is 2. The molecule has 150 valence electrons. The van der Waals surface area contributed by atoms with Crippen molar-refractivity contribution in [2.75, 3.05) is 19.0 Å². The summed E-state index contributed by atoms with van der Waals surface area (Å²) in [6.45, 7) is 0.00678. The average molecular weight is 417 g/mol. The number of amides is 3. The lowest BCUT2D eigenvalue weighted by Crippen LogP contribution is -2.45. The van der Waals surface area contributed by atoms with Gasteiger partial charge in [0.2, 0.25) is 5.91 Å². The van der Waals surface area contributed by atoms with Gasteiger partial charge in [-0.3, -0.25) is 10.1 Å². The molecule has 0 aliphatic carbocycles. The van der Waals surface area contributed by atoms with E-state index in [0.717, 1.165) is 22.2 Å². The summed E-state index contributed by atoms with van der Waals surface area (Å²) >= 11 is 1.38. The molecular weight excluding hydrogens is 400 g/mol. The minimum Gasteiger partial charge on any atom is -0.497 e. The van der Waals surface area contributed by atoms with E-state index < -0.39 is 35.5 Å². The zero-order chi connectivity index (χ0) is 20.5. The first-order valence-electron chi connectivity index (χ1n) is 8.83. The lowest BCUT2D eigenvalue weighted by Gasteiger charge is -2.20. The van der Waals surface area contributed by atoms with Crippen LogP contribution in [-0.4, -0.2) is 31.6 Å². The van der Waals surface area contributed by atoms with Gasteiger partial charge in [0.25, 0.3) is 0 Å². The Labute approximate surface area is 168 Å². The van der Waals surface area contributed by atoms with Gasteiger partial charge in [0.1, 0.15) is 23.4 Å². The molecule has 3 aromatic rings. The van der Waals surface area contributed by atoms with Crippen molar-refractivity contribution in [2.24, 2.45) is 0 Å². The Bertz CT molecular complexity index is 1050. The predicted octanol–water partition coefficient (Wildman–Crippen LogP) is 3.59. The van der Waals surface area contributed by atoms with Crippen LogP contribution in [0.2, 0.25) is 0 Å². The molecule has 2 atom stereocenters. The van der Waals surface area contributed by atoms with Crippen LogP contribution in [-0.2, 0) is 4.79 Å². The Morgan fingerprint density at radius 2 is 1.93 bits per heavy atom. The third kappa shape index (κ3) is 3.73. The summed E-state index contributed by atoms with van der Waals surface area (Å²) in [7, 11) is 1.30. The number of hydrogen-bond acceptors (Lipinski definition) is 4. The molecule has 3 amide bonds. The Morgan fingerprint density at radius 3 is 2.62 bits per heavy atom. The van der Waals surface area contributed by atoms with Gasteiger partial charge in [-0.15, -0.1) is 11.3 Å². The van der Waals surface area contributed by atoms with Crippen LogP contribution >= 0.6 is 11.3 Å². The smallest absolute Gasteiger partial charge is 0.320 e. The molecule has 1 aliphatic rings. The summed E-state index contributed by atoms with van der Waals surface area (Å²) in [4.78, 5) is 24.6. The van der Waals surface area contributed by atoms with Crippen LogP contribution in [0.3, 0.4) is 0 Å². The predicted molar refractivity (Wildman–Crippen MR) is 106 cm³/mol. The topological polar surface area (TPSA) is 79.5 Å². The lowest BCUT2D eigenvalue weighted by atomic mass is 9.93. The maximum Gasteiger partial charge on any atom is 0.320 e. The second-order valence-electron chi connectivity index (χ2n) is 6.58. The molecular formula is C20H17F2N3O3S. The second-order valence-corrected chi connectivity index (χ2v) is 7.66. The fourth-order valence-electron chi connectivity index (χ4n) is 3.42. The van der Waals surface area contributed by atoms with E-state index in [9.17, 15) is 18.4 Å². The summed E-state index contributed by atoms with van der Waals surface area (Å²) in [6.07, 6.45) is 0. The second kappa shape index (κ2) is 7.67. The zero-order valence-electron chi connectivity index (χ0n) is 15.3. The van der Waals surface area contributed by atoms with E-state index in [4.69, 9.17) is 4.74 Å². The van der Waals surface area contributed by atoms with Gasteiger partial charge in [0, 0.05) is 34.9 Å². The van der Waals surface area contributed by atoms with Gasteiger partial charge in [-0.25, -0.2) is 13.6 Å². The molecule has 2 heterocycles. The number of carbonyl (C=O) groups excluding carboxylic acids is 2. The monoisotopic (exact) mass is 417 g/mol. The molecule has 1 fully saturated rings. The van der Waals surface area contributed by atoms with Crippen LogP contribution in [0.15, 0.2) is 42.5 Å². The SMILES string of the molecule is COc1cc(F)c([C@@H]2CNC(=O)C2NC(=O)Nc2cc3ccccc3s2)c(F)c1. The first kappa shape index (κ1) is 19.1. The molecule has 2 aromatic carbocycles. The van der Waals surface area contributed by atoms with E-state index in [1.807, 2.05) is 30.3 Å². The molecule has 4 rings (SSSR count). The number of benzene rings is 2. The summed E-state index contributed by atoms with van der Waals surface area (Å²) in [5, 5.41) is 9.34. The van der Waals surface area contributed by atoms with E-state index in [1.165, 1.54) is 18.4 Å². The maximum absolute atomic E-state index is 14.5. The van der Waals surface area contributed by atoms with E-state index >= 15 is 0 Å². The lowest BCUT2D eigenvalue weighted by molar-refractivity contribution is -0.120. The van der Waals surface area contributed by atoms with Gasteiger partial charge in [0.05, 0.1) is 12.1 Å². The quantitative estimate of drug-likeness (QED) is 0.607. The molecule has 0 saturated carbocycles. The molecule has 6 nitrogen and oxygen atoms in total. The van der Waals surface area contributed by atoms with E-state index in [-0.39, 0.29) is 17.9 Å². The number of ether oxygens (including phenoxy) is 1. The number of hydrogen-bond donors (Lipinski definition) is 3. The van der Waals surface area contributed by atoms with Crippen LogP contribution in [0.4, 0.5) is 18.6 Å². The summed E-state index contributed by atoms with van der Waals surface area (Å²) < 4.78 is 34.8. The molecule has 1 unspecified atom stereocenters. The van der Waals surface area contributed by atoms with Gasteiger partial charge in [-0.1, -0.05) is 18.2 Å². The first-order chi connectivity index (χ1) is 14.0. The van der Waals surface area contributed by atoms with Crippen molar-refractivity contribution < 1.29 is 23.1 Å². The highest BCUT2D eigenvalue weighted by Crippen LogP contribution is 2.32.